The number of benzene rings is 2. The maximum absolute atomic E-state index is 12.8. The monoisotopic (exact) mass is 379 g/mol. The molecule has 1 aliphatic heterocycles. The summed E-state index contributed by atoms with van der Waals surface area (Å²) in [6, 6.07) is 12.4. The van der Waals surface area contributed by atoms with Crippen LogP contribution in [-0.4, -0.2) is 46.9 Å². The number of nitrogens with zero attached hydrogens (tertiary/aromatic N) is 2. The quantitative estimate of drug-likeness (QED) is 0.710. The molecule has 0 saturated carbocycles. The molecule has 4 rings (SSSR count). The van der Waals surface area contributed by atoms with Crippen molar-refractivity contribution < 1.29 is 19.4 Å². The summed E-state index contributed by atoms with van der Waals surface area (Å²) in [4.78, 5) is 14.4. The molecule has 1 aliphatic rings. The molecule has 2 N–H and O–H groups in total. The van der Waals surface area contributed by atoms with Gasteiger partial charge in [-0.3, -0.25) is 9.89 Å². The van der Waals surface area contributed by atoms with Crippen molar-refractivity contribution in [3.63, 3.8) is 0 Å². The van der Waals surface area contributed by atoms with Gasteiger partial charge in [-0.1, -0.05) is 18.2 Å². The molecular formula is C21H21N3O4. The molecule has 2 aromatic carbocycles. The number of methoxy groups -OCH3 is 1. The van der Waals surface area contributed by atoms with Gasteiger partial charge >= 0.3 is 0 Å². The molecule has 0 aliphatic carbocycles. The Morgan fingerprint density at radius 2 is 2.07 bits per heavy atom. The number of aromatic amines is 1. The molecule has 1 aromatic heterocycles. The molecule has 3 aromatic rings. The summed E-state index contributed by atoms with van der Waals surface area (Å²) >= 11 is 0. The summed E-state index contributed by atoms with van der Waals surface area (Å²) in [5.41, 5.74) is 3.66. The summed E-state index contributed by atoms with van der Waals surface area (Å²) in [5, 5.41) is 17.3. The average molecular weight is 379 g/mol. The van der Waals surface area contributed by atoms with E-state index >= 15 is 0 Å². The van der Waals surface area contributed by atoms with Gasteiger partial charge in [0.1, 0.15) is 11.4 Å². The second-order valence-electron chi connectivity index (χ2n) is 6.57. The molecule has 7 heteroatoms. The lowest BCUT2D eigenvalue weighted by molar-refractivity contribution is 0.0787. The third-order valence-corrected chi connectivity index (χ3v) is 4.94. The van der Waals surface area contributed by atoms with Gasteiger partial charge in [-0.2, -0.15) is 5.10 Å². The van der Waals surface area contributed by atoms with Gasteiger partial charge < -0.3 is 19.5 Å². The number of carbonyl (C=O) groups excluding carboxylic acids is 1. The van der Waals surface area contributed by atoms with Gasteiger partial charge in [0, 0.05) is 18.2 Å². The summed E-state index contributed by atoms with van der Waals surface area (Å²) in [7, 11) is 3.36. The second kappa shape index (κ2) is 6.92. The van der Waals surface area contributed by atoms with E-state index in [-0.39, 0.29) is 17.7 Å². The van der Waals surface area contributed by atoms with Crippen LogP contribution in [0.1, 0.15) is 34.6 Å². The van der Waals surface area contributed by atoms with E-state index in [0.717, 1.165) is 16.7 Å². The Bertz CT molecular complexity index is 1040. The lowest BCUT2D eigenvalue weighted by atomic mass is 9.96. The molecule has 0 radical (unpaired) electrons. The van der Waals surface area contributed by atoms with Gasteiger partial charge in [0.05, 0.1) is 25.5 Å². The largest absolute Gasteiger partial charge is 0.504 e. The van der Waals surface area contributed by atoms with Gasteiger partial charge in [-0.05, 0) is 36.8 Å². The van der Waals surface area contributed by atoms with Crippen molar-refractivity contribution in [3.05, 3.63) is 59.3 Å². The molecular weight excluding hydrogens is 358 g/mol. The van der Waals surface area contributed by atoms with Crippen LogP contribution < -0.4 is 9.47 Å². The number of amides is 1. The van der Waals surface area contributed by atoms with Crippen molar-refractivity contribution in [2.45, 2.75) is 13.0 Å². The number of phenolic OH excluding ortho intramolecular Hbond substituents is 1. The van der Waals surface area contributed by atoms with E-state index in [2.05, 4.69) is 10.2 Å². The molecule has 0 bridgehead atoms. The molecule has 144 valence electrons. The molecule has 0 spiro atoms. The minimum absolute atomic E-state index is 0.0676. The van der Waals surface area contributed by atoms with Crippen LogP contribution in [-0.2, 0) is 0 Å². The van der Waals surface area contributed by atoms with Crippen molar-refractivity contribution in [1.82, 2.24) is 15.1 Å². The highest BCUT2D eigenvalue weighted by Gasteiger charge is 2.40. The zero-order valence-corrected chi connectivity index (χ0v) is 15.9. The van der Waals surface area contributed by atoms with Crippen LogP contribution in [0.5, 0.6) is 17.2 Å². The first-order valence-electron chi connectivity index (χ1n) is 9.00. The van der Waals surface area contributed by atoms with E-state index in [1.54, 1.807) is 37.3 Å². The van der Waals surface area contributed by atoms with Gasteiger partial charge in [-0.15, -0.1) is 0 Å². The Balaban J connectivity index is 1.86. The fraction of sp³-hybridized carbons (Fsp3) is 0.238. The van der Waals surface area contributed by atoms with E-state index in [4.69, 9.17) is 9.47 Å². The number of nitrogens with one attached hydrogen (secondary N) is 1. The van der Waals surface area contributed by atoms with E-state index in [9.17, 15) is 9.90 Å². The molecule has 1 amide bonds. The fourth-order valence-electron chi connectivity index (χ4n) is 3.62. The van der Waals surface area contributed by atoms with Gasteiger partial charge in [0.15, 0.2) is 11.5 Å². The van der Waals surface area contributed by atoms with Crippen LogP contribution in [0.15, 0.2) is 42.5 Å². The van der Waals surface area contributed by atoms with Gasteiger partial charge in [0.25, 0.3) is 5.91 Å². The van der Waals surface area contributed by atoms with E-state index in [1.165, 1.54) is 0 Å². The molecule has 2 heterocycles. The highest BCUT2D eigenvalue weighted by molar-refractivity contribution is 6.00. The minimum atomic E-state index is -0.345. The zero-order valence-electron chi connectivity index (χ0n) is 15.9. The Labute approximate surface area is 162 Å². The number of aromatic hydroxyl groups is 1. The molecule has 28 heavy (non-hydrogen) atoms. The maximum atomic E-state index is 12.8. The van der Waals surface area contributed by atoms with E-state index in [0.29, 0.717) is 29.5 Å². The molecule has 0 fully saturated rings. The number of fused-ring (bicyclic) bond motifs is 1. The Kier molecular flexibility index (Phi) is 4.43. The number of aromatic nitrogens is 2. The van der Waals surface area contributed by atoms with Crippen LogP contribution in [0.2, 0.25) is 0 Å². The number of hydrogen-bond acceptors (Lipinski definition) is 5. The summed E-state index contributed by atoms with van der Waals surface area (Å²) in [6.45, 7) is 2.29. The highest BCUT2D eigenvalue weighted by Crippen LogP contribution is 2.43. The highest BCUT2D eigenvalue weighted by atomic mass is 16.5. The summed E-state index contributed by atoms with van der Waals surface area (Å²) < 4.78 is 10.8. The van der Waals surface area contributed by atoms with Crippen molar-refractivity contribution in [2.24, 2.45) is 0 Å². The lowest BCUT2D eigenvalue weighted by Crippen LogP contribution is -2.24. The molecule has 1 atom stereocenters. The maximum Gasteiger partial charge on any atom is 0.272 e. The van der Waals surface area contributed by atoms with Crippen LogP contribution in [0.3, 0.4) is 0 Å². The van der Waals surface area contributed by atoms with Crippen LogP contribution >= 0.6 is 0 Å². The number of phenols is 1. The first-order chi connectivity index (χ1) is 13.5. The van der Waals surface area contributed by atoms with Gasteiger partial charge in [-0.25, -0.2) is 0 Å². The van der Waals surface area contributed by atoms with Crippen molar-refractivity contribution in [3.8, 4) is 28.5 Å². The van der Waals surface area contributed by atoms with Crippen molar-refractivity contribution in [2.75, 3.05) is 20.8 Å². The predicted octanol–water partition coefficient (Wildman–Crippen LogP) is 3.36. The molecule has 7 nitrogen and oxygen atoms in total. The van der Waals surface area contributed by atoms with Crippen molar-refractivity contribution >= 4 is 5.91 Å². The Morgan fingerprint density at radius 1 is 1.25 bits per heavy atom. The number of H-pyrrole nitrogens is 1. The number of ether oxygens (including phenoxy) is 2. The molecule has 1 unspecified atom stereocenters. The smallest absolute Gasteiger partial charge is 0.272 e. The zero-order chi connectivity index (χ0) is 19.8. The minimum Gasteiger partial charge on any atom is -0.504 e. The van der Waals surface area contributed by atoms with Crippen molar-refractivity contribution in [1.29, 1.82) is 0 Å². The Hall–Kier alpha value is -3.48. The second-order valence-corrected chi connectivity index (χ2v) is 6.57. The number of carbonyl (C=O) groups is 1. The Morgan fingerprint density at radius 3 is 2.82 bits per heavy atom. The topological polar surface area (TPSA) is 87.7 Å². The first kappa shape index (κ1) is 17.9. The normalized spacial score (nSPS) is 15.6. The number of hydrogen-bond donors (Lipinski definition) is 2. The van der Waals surface area contributed by atoms with Crippen LogP contribution in [0.4, 0.5) is 0 Å². The fourth-order valence-corrected chi connectivity index (χ4v) is 3.62. The average Bonchev–Trinajstić information content (AvgIpc) is 3.24. The van der Waals surface area contributed by atoms with Crippen LogP contribution in [0, 0.1) is 0 Å². The third kappa shape index (κ3) is 2.76. The van der Waals surface area contributed by atoms with Crippen LogP contribution in [0.25, 0.3) is 11.3 Å². The van der Waals surface area contributed by atoms with E-state index < -0.39 is 0 Å². The third-order valence-electron chi connectivity index (χ3n) is 4.94. The first-order valence-corrected chi connectivity index (χ1v) is 9.00. The van der Waals surface area contributed by atoms with Gasteiger partial charge in [0.2, 0.25) is 0 Å². The van der Waals surface area contributed by atoms with E-state index in [1.807, 2.05) is 31.2 Å². The summed E-state index contributed by atoms with van der Waals surface area (Å²) in [5.74, 6) is 1.04. The standard InChI is InChI=1S/C21H21N3O4/c1-4-28-16-11-13(8-9-15(16)25)20-17-18(12-6-5-7-14(10-12)27-3)22-23-19(17)21(26)24(20)2/h5-11,20,25H,4H2,1-3H3,(H,22,23). The summed E-state index contributed by atoms with van der Waals surface area (Å²) in [6.07, 6.45) is 0. The SMILES string of the molecule is CCOc1cc(C2c3c(-c4cccc(OC)c4)n[nH]c3C(=O)N2C)ccc1O. The molecule has 0 saturated heterocycles. The lowest BCUT2D eigenvalue weighted by Gasteiger charge is -2.22. The number of rotatable bonds is 5. The predicted molar refractivity (Wildman–Crippen MR) is 104 cm³/mol.